The number of hydrogen-bond donors (Lipinski definition) is 1. The van der Waals surface area contributed by atoms with Crippen molar-refractivity contribution in [2.75, 3.05) is 12.4 Å². The molecule has 0 radical (unpaired) electrons. The van der Waals surface area contributed by atoms with Crippen molar-refractivity contribution < 1.29 is 14.3 Å². The lowest BCUT2D eigenvalue weighted by Gasteiger charge is -2.08. The number of esters is 1. The molecule has 0 aliphatic carbocycles. The third-order valence-electron chi connectivity index (χ3n) is 3.84. The number of hydrogen-bond acceptors (Lipinski definition) is 6. The second-order valence-electron chi connectivity index (χ2n) is 5.54. The van der Waals surface area contributed by atoms with Gasteiger partial charge in [0.1, 0.15) is 11.5 Å². The second kappa shape index (κ2) is 7.49. The third kappa shape index (κ3) is 3.50. The maximum atomic E-state index is 12.5. The number of para-hydroxylation sites is 1. The molecule has 0 aliphatic heterocycles. The number of aromatic nitrogens is 2. The summed E-state index contributed by atoms with van der Waals surface area (Å²) in [6.07, 6.45) is 2.08. The van der Waals surface area contributed by atoms with E-state index in [1.807, 2.05) is 6.92 Å². The highest BCUT2D eigenvalue weighted by molar-refractivity contribution is 7.16. The number of anilines is 1. The van der Waals surface area contributed by atoms with Gasteiger partial charge < -0.3 is 10.1 Å². The van der Waals surface area contributed by atoms with Crippen molar-refractivity contribution in [1.82, 2.24) is 9.55 Å². The first kappa shape index (κ1) is 17.8. The molecular weight excluding hydrogens is 354 g/mol. The summed E-state index contributed by atoms with van der Waals surface area (Å²) < 4.78 is 5.99. The average Bonchev–Trinajstić information content (AvgIpc) is 3.06. The smallest absolute Gasteiger partial charge is 0.340 e. The molecule has 2 heterocycles. The molecule has 2 aromatic heterocycles. The summed E-state index contributed by atoms with van der Waals surface area (Å²) in [4.78, 5) is 41.9. The number of aryl methyl sites for hydroxylation is 1. The highest BCUT2D eigenvalue weighted by Gasteiger charge is 2.18. The van der Waals surface area contributed by atoms with Crippen LogP contribution in [0.3, 0.4) is 0 Å². The zero-order chi connectivity index (χ0) is 18.7. The molecule has 0 aliphatic rings. The van der Waals surface area contributed by atoms with E-state index in [1.165, 1.54) is 29.3 Å². The van der Waals surface area contributed by atoms with Gasteiger partial charge in [0.25, 0.3) is 5.56 Å². The van der Waals surface area contributed by atoms with Crippen molar-refractivity contribution >= 4 is 39.1 Å². The molecule has 7 nitrogen and oxygen atoms in total. The van der Waals surface area contributed by atoms with Gasteiger partial charge >= 0.3 is 5.97 Å². The van der Waals surface area contributed by atoms with Gasteiger partial charge in [0, 0.05) is 4.88 Å². The summed E-state index contributed by atoms with van der Waals surface area (Å²) in [5.41, 5.74) is 0.596. The van der Waals surface area contributed by atoms with Crippen molar-refractivity contribution in [2.24, 2.45) is 0 Å². The maximum Gasteiger partial charge on any atom is 0.340 e. The van der Waals surface area contributed by atoms with Crippen LogP contribution in [0.2, 0.25) is 0 Å². The van der Waals surface area contributed by atoms with E-state index in [0.29, 0.717) is 21.5 Å². The Morgan fingerprint density at radius 3 is 2.81 bits per heavy atom. The first-order chi connectivity index (χ1) is 12.5. The number of carbonyl (C=O) groups is 2. The molecule has 0 spiro atoms. The minimum absolute atomic E-state index is 0.198. The fourth-order valence-corrected chi connectivity index (χ4v) is 3.51. The van der Waals surface area contributed by atoms with E-state index in [9.17, 15) is 14.4 Å². The Hall–Kier alpha value is -3.00. The Morgan fingerprint density at radius 1 is 1.31 bits per heavy atom. The number of nitrogens with zero attached hydrogens (tertiary/aromatic N) is 2. The average molecular weight is 371 g/mol. The normalized spacial score (nSPS) is 10.7. The van der Waals surface area contributed by atoms with Crippen LogP contribution < -0.4 is 10.9 Å². The minimum Gasteiger partial charge on any atom is -0.465 e. The number of amides is 1. The summed E-state index contributed by atoms with van der Waals surface area (Å²) in [5.74, 6) is -0.931. The van der Waals surface area contributed by atoms with Crippen molar-refractivity contribution in [3.8, 4) is 0 Å². The molecule has 0 unspecified atom stereocenters. The van der Waals surface area contributed by atoms with Gasteiger partial charge in [-0.2, -0.15) is 0 Å². The molecular formula is C18H17N3O4S. The fraction of sp³-hybridized carbons (Fsp3) is 0.222. The van der Waals surface area contributed by atoms with Gasteiger partial charge in [0.2, 0.25) is 5.91 Å². The molecule has 8 heteroatoms. The Labute approximate surface area is 153 Å². The Balaban J connectivity index is 1.84. The van der Waals surface area contributed by atoms with Gasteiger partial charge in [0.05, 0.1) is 29.9 Å². The van der Waals surface area contributed by atoms with E-state index in [-0.39, 0.29) is 12.1 Å². The van der Waals surface area contributed by atoms with E-state index < -0.39 is 11.9 Å². The molecule has 0 saturated heterocycles. The van der Waals surface area contributed by atoms with Crippen LogP contribution in [0.25, 0.3) is 10.9 Å². The van der Waals surface area contributed by atoms with Crippen LogP contribution in [-0.4, -0.2) is 28.5 Å². The zero-order valence-corrected chi connectivity index (χ0v) is 15.1. The van der Waals surface area contributed by atoms with Gasteiger partial charge in [-0.1, -0.05) is 19.1 Å². The van der Waals surface area contributed by atoms with Gasteiger partial charge in [-0.05, 0) is 24.6 Å². The van der Waals surface area contributed by atoms with Crippen molar-refractivity contribution in [3.63, 3.8) is 0 Å². The lowest BCUT2D eigenvalue weighted by atomic mass is 10.2. The summed E-state index contributed by atoms with van der Waals surface area (Å²) in [5, 5.41) is 3.56. The Morgan fingerprint density at radius 2 is 2.08 bits per heavy atom. The lowest BCUT2D eigenvalue weighted by Crippen LogP contribution is -2.28. The predicted molar refractivity (Wildman–Crippen MR) is 99.7 cm³/mol. The number of rotatable bonds is 5. The van der Waals surface area contributed by atoms with Crippen molar-refractivity contribution in [1.29, 1.82) is 0 Å². The number of fused-ring (bicyclic) bond motifs is 1. The minimum atomic E-state index is -0.513. The van der Waals surface area contributed by atoms with Gasteiger partial charge in [-0.3, -0.25) is 14.2 Å². The Bertz CT molecular complexity index is 1040. The summed E-state index contributed by atoms with van der Waals surface area (Å²) in [7, 11) is 1.29. The summed E-state index contributed by atoms with van der Waals surface area (Å²) >= 11 is 1.31. The highest BCUT2D eigenvalue weighted by atomic mass is 32.1. The number of thiophene rings is 1. The van der Waals surface area contributed by atoms with E-state index in [1.54, 1.807) is 30.3 Å². The SMILES string of the molecule is CCc1cc(C(=O)OC)c(NC(=O)Cn2cnc3ccccc3c2=O)s1. The van der Waals surface area contributed by atoms with Crippen LogP contribution in [0.4, 0.5) is 5.00 Å². The second-order valence-corrected chi connectivity index (χ2v) is 6.68. The van der Waals surface area contributed by atoms with Gasteiger partial charge in [-0.15, -0.1) is 11.3 Å². The molecule has 0 saturated carbocycles. The zero-order valence-electron chi connectivity index (χ0n) is 14.3. The molecule has 1 N–H and O–H groups in total. The fourth-order valence-electron chi connectivity index (χ4n) is 2.51. The molecule has 0 fully saturated rings. The van der Waals surface area contributed by atoms with Gasteiger partial charge in [0.15, 0.2) is 0 Å². The molecule has 1 amide bonds. The quantitative estimate of drug-likeness (QED) is 0.696. The first-order valence-electron chi connectivity index (χ1n) is 7.98. The van der Waals surface area contributed by atoms with Crippen LogP contribution in [0.15, 0.2) is 41.5 Å². The molecule has 0 atom stereocenters. The maximum absolute atomic E-state index is 12.5. The number of methoxy groups -OCH3 is 1. The number of ether oxygens (including phenoxy) is 1. The number of carbonyl (C=O) groups excluding carboxylic acids is 2. The van der Waals surface area contributed by atoms with Crippen LogP contribution in [0, 0.1) is 0 Å². The standard InChI is InChI=1S/C18H17N3O4S/c1-3-11-8-13(18(24)25-2)16(26-11)20-15(22)9-21-10-19-14-7-5-4-6-12(14)17(21)23/h4-8,10H,3,9H2,1-2H3,(H,20,22). The van der Waals surface area contributed by atoms with E-state index in [4.69, 9.17) is 4.74 Å². The molecule has 1 aromatic carbocycles. The van der Waals surface area contributed by atoms with Crippen molar-refractivity contribution in [2.45, 2.75) is 19.9 Å². The molecule has 134 valence electrons. The lowest BCUT2D eigenvalue weighted by molar-refractivity contribution is -0.116. The highest BCUT2D eigenvalue weighted by Crippen LogP contribution is 2.29. The Kier molecular flexibility index (Phi) is 5.13. The third-order valence-corrected chi connectivity index (χ3v) is 5.03. The molecule has 3 aromatic rings. The summed E-state index contributed by atoms with van der Waals surface area (Å²) in [6.45, 7) is 1.76. The number of nitrogens with one attached hydrogen (secondary N) is 1. The number of benzene rings is 1. The molecule has 0 bridgehead atoms. The van der Waals surface area contributed by atoms with Crippen molar-refractivity contribution in [3.05, 3.63) is 57.5 Å². The van der Waals surface area contributed by atoms with Crippen LogP contribution in [0.1, 0.15) is 22.2 Å². The van der Waals surface area contributed by atoms with Crippen LogP contribution >= 0.6 is 11.3 Å². The summed E-state index contributed by atoms with van der Waals surface area (Å²) in [6, 6.07) is 8.65. The molecule has 26 heavy (non-hydrogen) atoms. The van der Waals surface area contributed by atoms with E-state index in [2.05, 4.69) is 10.3 Å². The van der Waals surface area contributed by atoms with Gasteiger partial charge in [-0.25, -0.2) is 9.78 Å². The first-order valence-corrected chi connectivity index (χ1v) is 8.80. The van der Waals surface area contributed by atoms with E-state index >= 15 is 0 Å². The molecule has 3 rings (SSSR count). The topological polar surface area (TPSA) is 90.3 Å². The van der Waals surface area contributed by atoms with Crippen LogP contribution in [0.5, 0.6) is 0 Å². The largest absolute Gasteiger partial charge is 0.465 e. The monoisotopic (exact) mass is 371 g/mol. The predicted octanol–water partition coefficient (Wildman–Crippen LogP) is 2.45. The van der Waals surface area contributed by atoms with E-state index in [0.717, 1.165) is 11.3 Å². The van der Waals surface area contributed by atoms with Crippen LogP contribution in [-0.2, 0) is 22.5 Å².